The van der Waals surface area contributed by atoms with Crippen LogP contribution in [0.15, 0.2) is 36.5 Å². The first kappa shape index (κ1) is 13.6. The monoisotopic (exact) mass is 281 g/mol. The van der Waals surface area contributed by atoms with Crippen LogP contribution in [0.25, 0.3) is 22.2 Å². The first-order valence-electron chi connectivity index (χ1n) is 7.07. The summed E-state index contributed by atoms with van der Waals surface area (Å²) in [7, 11) is 0. The Hall–Kier alpha value is -2.36. The van der Waals surface area contributed by atoms with Crippen molar-refractivity contribution in [1.82, 2.24) is 15.0 Å². The van der Waals surface area contributed by atoms with Crippen molar-refractivity contribution < 1.29 is 4.39 Å². The molecule has 0 aliphatic rings. The van der Waals surface area contributed by atoms with Crippen molar-refractivity contribution in [3.63, 3.8) is 0 Å². The number of halogens is 1. The Labute approximate surface area is 122 Å². The van der Waals surface area contributed by atoms with Crippen molar-refractivity contribution in [2.24, 2.45) is 0 Å². The zero-order chi connectivity index (χ0) is 14.8. The van der Waals surface area contributed by atoms with Crippen LogP contribution in [-0.2, 0) is 6.42 Å². The lowest BCUT2D eigenvalue weighted by atomic mass is 10.0. The highest BCUT2D eigenvalue weighted by molar-refractivity contribution is 5.92. The maximum Gasteiger partial charge on any atom is 0.132 e. The molecule has 0 spiro atoms. The molecule has 2 heterocycles. The minimum atomic E-state index is -0.263. The Bertz CT molecular complexity index is 799. The van der Waals surface area contributed by atoms with Gasteiger partial charge in [0.05, 0.1) is 11.2 Å². The number of hydrogen-bond donors (Lipinski definition) is 0. The van der Waals surface area contributed by atoms with Gasteiger partial charge in [-0.05, 0) is 43.7 Å². The summed E-state index contributed by atoms with van der Waals surface area (Å²) in [5, 5.41) is 0.517. The fourth-order valence-electron chi connectivity index (χ4n) is 2.50. The van der Waals surface area contributed by atoms with Crippen LogP contribution in [0, 0.1) is 12.7 Å². The van der Waals surface area contributed by atoms with Crippen LogP contribution in [0.2, 0.25) is 0 Å². The molecule has 0 aliphatic carbocycles. The van der Waals surface area contributed by atoms with Gasteiger partial charge < -0.3 is 0 Å². The minimum absolute atomic E-state index is 0.263. The van der Waals surface area contributed by atoms with E-state index in [0.29, 0.717) is 10.9 Å². The topological polar surface area (TPSA) is 38.7 Å². The van der Waals surface area contributed by atoms with Crippen LogP contribution in [0.4, 0.5) is 4.39 Å². The molecular formula is C17H16FN3. The van der Waals surface area contributed by atoms with Crippen molar-refractivity contribution in [3.8, 4) is 11.3 Å². The van der Waals surface area contributed by atoms with Gasteiger partial charge in [-0.25, -0.2) is 14.4 Å². The van der Waals surface area contributed by atoms with E-state index in [9.17, 15) is 4.39 Å². The molecule has 0 fully saturated rings. The highest BCUT2D eigenvalue weighted by Gasteiger charge is 2.11. The Morgan fingerprint density at radius 2 is 2.00 bits per heavy atom. The predicted octanol–water partition coefficient (Wildman–Crippen LogP) is 4.09. The molecule has 106 valence electrons. The van der Waals surface area contributed by atoms with Crippen molar-refractivity contribution in [1.29, 1.82) is 0 Å². The van der Waals surface area contributed by atoms with Gasteiger partial charge in [0.15, 0.2) is 0 Å². The summed E-state index contributed by atoms with van der Waals surface area (Å²) in [6, 6.07) is 8.65. The highest BCUT2D eigenvalue weighted by atomic mass is 19.1. The van der Waals surface area contributed by atoms with Crippen molar-refractivity contribution in [2.75, 3.05) is 0 Å². The number of pyridine rings is 1. The summed E-state index contributed by atoms with van der Waals surface area (Å²) in [6.45, 7) is 3.99. The molecule has 2 aromatic heterocycles. The second kappa shape index (κ2) is 5.56. The van der Waals surface area contributed by atoms with Gasteiger partial charge in [0.1, 0.15) is 11.6 Å². The number of rotatable bonds is 3. The number of nitrogens with zero attached hydrogens (tertiary/aromatic N) is 3. The molecule has 0 bridgehead atoms. The standard InChI is InChI=1S/C17H16FN3/c1-3-5-12-10-16(21-11(2)20-12)14-7-8-15(18)13-6-4-9-19-17(13)14/h4,6-10H,3,5H2,1-2H3. The van der Waals surface area contributed by atoms with Gasteiger partial charge in [-0.2, -0.15) is 0 Å². The number of aryl methyl sites for hydroxylation is 2. The van der Waals surface area contributed by atoms with E-state index in [1.165, 1.54) is 6.07 Å². The molecule has 3 nitrogen and oxygen atoms in total. The third kappa shape index (κ3) is 2.61. The van der Waals surface area contributed by atoms with Crippen LogP contribution < -0.4 is 0 Å². The smallest absolute Gasteiger partial charge is 0.132 e. The van der Waals surface area contributed by atoms with E-state index in [1.54, 1.807) is 24.4 Å². The Morgan fingerprint density at radius 3 is 2.81 bits per heavy atom. The van der Waals surface area contributed by atoms with Crippen LogP contribution in [0.5, 0.6) is 0 Å². The molecule has 21 heavy (non-hydrogen) atoms. The average Bonchev–Trinajstić information content (AvgIpc) is 2.47. The second-order valence-corrected chi connectivity index (χ2v) is 5.04. The summed E-state index contributed by atoms with van der Waals surface area (Å²) in [6.07, 6.45) is 3.60. The largest absolute Gasteiger partial charge is 0.255 e. The van der Waals surface area contributed by atoms with Crippen LogP contribution in [0.3, 0.4) is 0 Å². The molecular weight excluding hydrogens is 265 g/mol. The molecule has 0 atom stereocenters. The number of hydrogen-bond acceptors (Lipinski definition) is 3. The SMILES string of the molecule is CCCc1cc(-c2ccc(F)c3cccnc23)nc(C)n1. The van der Waals surface area contributed by atoms with E-state index < -0.39 is 0 Å². The van der Waals surface area contributed by atoms with Gasteiger partial charge in [-0.3, -0.25) is 4.98 Å². The van der Waals surface area contributed by atoms with E-state index >= 15 is 0 Å². The first-order valence-corrected chi connectivity index (χ1v) is 7.07. The molecule has 0 radical (unpaired) electrons. The van der Waals surface area contributed by atoms with Crippen LogP contribution in [-0.4, -0.2) is 15.0 Å². The Balaban J connectivity index is 2.23. The normalized spacial score (nSPS) is 11.0. The summed E-state index contributed by atoms with van der Waals surface area (Å²) >= 11 is 0. The van der Waals surface area contributed by atoms with Crippen molar-refractivity contribution >= 4 is 10.9 Å². The van der Waals surface area contributed by atoms with Crippen molar-refractivity contribution in [2.45, 2.75) is 26.7 Å². The fraction of sp³-hybridized carbons (Fsp3) is 0.235. The lowest BCUT2D eigenvalue weighted by Gasteiger charge is -2.08. The molecule has 1 aromatic carbocycles. The van der Waals surface area contributed by atoms with E-state index in [-0.39, 0.29) is 5.82 Å². The van der Waals surface area contributed by atoms with Crippen LogP contribution in [0.1, 0.15) is 24.9 Å². The molecule has 0 unspecified atom stereocenters. The second-order valence-electron chi connectivity index (χ2n) is 5.04. The average molecular weight is 281 g/mol. The van der Waals surface area contributed by atoms with Gasteiger partial charge in [0, 0.05) is 22.8 Å². The summed E-state index contributed by atoms with van der Waals surface area (Å²) in [5.41, 5.74) is 3.29. The number of fused-ring (bicyclic) bond motifs is 1. The van der Waals surface area contributed by atoms with Gasteiger partial charge in [0.2, 0.25) is 0 Å². The molecule has 0 N–H and O–H groups in total. The quantitative estimate of drug-likeness (QED) is 0.725. The zero-order valence-electron chi connectivity index (χ0n) is 12.1. The molecule has 0 saturated heterocycles. The third-order valence-corrected chi connectivity index (χ3v) is 3.39. The summed E-state index contributed by atoms with van der Waals surface area (Å²) < 4.78 is 13.9. The van der Waals surface area contributed by atoms with Gasteiger partial charge in [-0.15, -0.1) is 0 Å². The fourth-order valence-corrected chi connectivity index (χ4v) is 2.50. The number of benzene rings is 1. The molecule has 3 rings (SSSR count). The van der Waals surface area contributed by atoms with E-state index in [4.69, 9.17) is 0 Å². The maximum absolute atomic E-state index is 13.9. The van der Waals surface area contributed by atoms with E-state index in [0.717, 1.165) is 35.6 Å². The van der Waals surface area contributed by atoms with E-state index in [2.05, 4.69) is 21.9 Å². The van der Waals surface area contributed by atoms with E-state index in [1.807, 2.05) is 13.0 Å². The maximum atomic E-state index is 13.9. The van der Waals surface area contributed by atoms with Gasteiger partial charge in [-0.1, -0.05) is 13.3 Å². The predicted molar refractivity (Wildman–Crippen MR) is 81.5 cm³/mol. The lowest BCUT2D eigenvalue weighted by Crippen LogP contribution is -1.98. The molecule has 0 aliphatic heterocycles. The number of aromatic nitrogens is 3. The van der Waals surface area contributed by atoms with Crippen LogP contribution >= 0.6 is 0 Å². The lowest BCUT2D eigenvalue weighted by molar-refractivity contribution is 0.639. The molecule has 0 amide bonds. The minimum Gasteiger partial charge on any atom is -0.255 e. The third-order valence-electron chi connectivity index (χ3n) is 3.39. The summed E-state index contributed by atoms with van der Waals surface area (Å²) in [4.78, 5) is 13.3. The zero-order valence-corrected chi connectivity index (χ0v) is 12.1. The Kier molecular flexibility index (Phi) is 3.60. The van der Waals surface area contributed by atoms with Gasteiger partial charge >= 0.3 is 0 Å². The van der Waals surface area contributed by atoms with Gasteiger partial charge in [0.25, 0.3) is 0 Å². The first-order chi connectivity index (χ1) is 10.2. The molecule has 3 aromatic rings. The molecule has 0 saturated carbocycles. The highest BCUT2D eigenvalue weighted by Crippen LogP contribution is 2.28. The summed E-state index contributed by atoms with van der Waals surface area (Å²) in [5.74, 6) is 0.464. The Morgan fingerprint density at radius 1 is 1.14 bits per heavy atom. The van der Waals surface area contributed by atoms with Crippen molar-refractivity contribution in [3.05, 3.63) is 53.9 Å². The molecule has 4 heteroatoms.